The number of allylic oxidation sites excluding steroid dienone is 5. The summed E-state index contributed by atoms with van der Waals surface area (Å²) in [5, 5.41) is 9.08. The number of carbonyl (C=O) groups is 3. The standard InChI is InChI=1S/C29H30O6/c1-34-27(29(32)33)20-21-13-15-22(16-14-21)26(30)12-5-6-19-35-25-11-7-10-24(17-18-25)28(31)23-8-3-2-4-9-23/h2-4,7-11,13-18,24,27H,5-6,12,19-20H2,1H3,(H,32,33). The third kappa shape index (κ3) is 7.90. The predicted octanol–water partition coefficient (Wildman–Crippen LogP) is 5.21. The number of hydrogen-bond acceptors (Lipinski definition) is 5. The zero-order chi connectivity index (χ0) is 25.0. The molecule has 2 aromatic rings. The van der Waals surface area contributed by atoms with Crippen molar-refractivity contribution in [1.82, 2.24) is 0 Å². The van der Waals surface area contributed by atoms with Gasteiger partial charge in [0, 0.05) is 31.1 Å². The highest BCUT2D eigenvalue weighted by molar-refractivity contribution is 6.00. The SMILES string of the molecule is COC(Cc1ccc(C(=O)CCCCOC2=CC=CC(C(=O)c3ccccc3)C=C2)cc1)C(=O)O. The van der Waals surface area contributed by atoms with E-state index in [1.165, 1.54) is 7.11 Å². The van der Waals surface area contributed by atoms with Gasteiger partial charge in [0.2, 0.25) is 0 Å². The Morgan fingerprint density at radius 1 is 0.943 bits per heavy atom. The number of rotatable bonds is 13. The lowest BCUT2D eigenvalue weighted by molar-refractivity contribution is -0.148. The van der Waals surface area contributed by atoms with Crippen LogP contribution < -0.4 is 0 Å². The van der Waals surface area contributed by atoms with Gasteiger partial charge < -0.3 is 14.6 Å². The lowest BCUT2D eigenvalue weighted by Crippen LogP contribution is -2.24. The Morgan fingerprint density at radius 3 is 2.37 bits per heavy atom. The topological polar surface area (TPSA) is 89.9 Å². The molecule has 6 nitrogen and oxygen atoms in total. The van der Waals surface area contributed by atoms with Gasteiger partial charge in [-0.1, -0.05) is 72.8 Å². The maximum atomic E-state index is 12.6. The van der Waals surface area contributed by atoms with Crippen molar-refractivity contribution in [2.24, 2.45) is 5.92 Å². The van der Waals surface area contributed by atoms with E-state index < -0.39 is 12.1 Å². The number of carbonyl (C=O) groups excluding carboxylic acids is 2. The normalized spacial score (nSPS) is 15.7. The van der Waals surface area contributed by atoms with Crippen LogP contribution in [0.15, 0.2) is 90.7 Å². The minimum absolute atomic E-state index is 0.0388. The molecule has 0 saturated heterocycles. The number of ether oxygens (including phenoxy) is 2. The van der Waals surface area contributed by atoms with Crippen LogP contribution in [-0.2, 0) is 20.7 Å². The van der Waals surface area contributed by atoms with Crippen molar-refractivity contribution < 1.29 is 29.0 Å². The fourth-order valence-corrected chi connectivity index (χ4v) is 3.69. The van der Waals surface area contributed by atoms with E-state index >= 15 is 0 Å². The maximum absolute atomic E-state index is 12.6. The van der Waals surface area contributed by atoms with Gasteiger partial charge in [0.25, 0.3) is 0 Å². The van der Waals surface area contributed by atoms with E-state index in [9.17, 15) is 14.4 Å². The van der Waals surface area contributed by atoms with E-state index in [1.54, 1.807) is 24.3 Å². The molecular formula is C29H30O6. The molecular weight excluding hydrogens is 444 g/mol. The number of methoxy groups -OCH3 is 1. The summed E-state index contributed by atoms with van der Waals surface area (Å²) in [6, 6.07) is 16.2. The summed E-state index contributed by atoms with van der Waals surface area (Å²) in [7, 11) is 1.36. The number of unbranched alkanes of at least 4 members (excludes halogenated alkanes) is 1. The van der Waals surface area contributed by atoms with Crippen LogP contribution in [-0.4, -0.2) is 42.5 Å². The minimum Gasteiger partial charge on any atom is -0.494 e. The Labute approximate surface area is 205 Å². The average molecular weight is 475 g/mol. The first-order valence-corrected chi connectivity index (χ1v) is 11.6. The van der Waals surface area contributed by atoms with Crippen LogP contribution in [0.25, 0.3) is 0 Å². The molecule has 3 rings (SSSR count). The summed E-state index contributed by atoms with van der Waals surface area (Å²) in [5.41, 5.74) is 2.08. The molecule has 1 N–H and O–H groups in total. The number of ketones is 2. The summed E-state index contributed by atoms with van der Waals surface area (Å²) in [6.07, 6.45) is 10.3. The summed E-state index contributed by atoms with van der Waals surface area (Å²) in [5.74, 6) is -0.580. The molecule has 0 amide bonds. The Morgan fingerprint density at radius 2 is 1.69 bits per heavy atom. The van der Waals surface area contributed by atoms with Crippen LogP contribution in [0.1, 0.15) is 45.5 Å². The van der Waals surface area contributed by atoms with Gasteiger partial charge in [-0.25, -0.2) is 4.79 Å². The maximum Gasteiger partial charge on any atom is 0.333 e. The minimum atomic E-state index is -1.01. The first-order valence-electron chi connectivity index (χ1n) is 11.6. The lowest BCUT2D eigenvalue weighted by atomic mass is 9.97. The molecule has 0 aliphatic heterocycles. The van der Waals surface area contributed by atoms with Gasteiger partial charge in [-0.3, -0.25) is 9.59 Å². The van der Waals surface area contributed by atoms with E-state index in [1.807, 2.05) is 60.7 Å². The van der Waals surface area contributed by atoms with Crippen molar-refractivity contribution in [3.8, 4) is 0 Å². The van der Waals surface area contributed by atoms with E-state index in [0.29, 0.717) is 36.3 Å². The average Bonchev–Trinajstić information content (AvgIpc) is 3.13. The van der Waals surface area contributed by atoms with Gasteiger partial charge in [-0.05, 0) is 30.6 Å². The highest BCUT2D eigenvalue weighted by Crippen LogP contribution is 2.17. The molecule has 0 saturated carbocycles. The van der Waals surface area contributed by atoms with Gasteiger partial charge in [0.05, 0.1) is 12.5 Å². The van der Waals surface area contributed by atoms with Crippen LogP contribution in [0.2, 0.25) is 0 Å². The second-order valence-electron chi connectivity index (χ2n) is 8.26. The first-order chi connectivity index (χ1) is 17.0. The van der Waals surface area contributed by atoms with Crippen molar-refractivity contribution in [3.05, 3.63) is 107 Å². The third-order valence-corrected chi connectivity index (χ3v) is 5.73. The number of carboxylic acids is 1. The van der Waals surface area contributed by atoms with Crippen molar-refractivity contribution in [1.29, 1.82) is 0 Å². The van der Waals surface area contributed by atoms with Crippen LogP contribution in [0.5, 0.6) is 0 Å². The summed E-state index contributed by atoms with van der Waals surface area (Å²) in [4.78, 5) is 36.1. The zero-order valence-electron chi connectivity index (χ0n) is 19.8. The van der Waals surface area contributed by atoms with Crippen LogP contribution in [0.3, 0.4) is 0 Å². The van der Waals surface area contributed by atoms with E-state index in [4.69, 9.17) is 14.6 Å². The van der Waals surface area contributed by atoms with Gasteiger partial charge >= 0.3 is 5.97 Å². The molecule has 2 atom stereocenters. The molecule has 35 heavy (non-hydrogen) atoms. The molecule has 1 aliphatic rings. The number of benzene rings is 2. The van der Waals surface area contributed by atoms with E-state index in [2.05, 4.69) is 0 Å². The molecule has 0 bridgehead atoms. The van der Waals surface area contributed by atoms with Crippen molar-refractivity contribution >= 4 is 17.5 Å². The molecule has 1 aliphatic carbocycles. The van der Waals surface area contributed by atoms with Crippen LogP contribution in [0, 0.1) is 5.92 Å². The molecule has 0 heterocycles. The molecule has 0 spiro atoms. The van der Waals surface area contributed by atoms with Crippen molar-refractivity contribution in [3.63, 3.8) is 0 Å². The van der Waals surface area contributed by atoms with Gasteiger partial charge in [-0.2, -0.15) is 0 Å². The lowest BCUT2D eigenvalue weighted by Gasteiger charge is -2.10. The van der Waals surface area contributed by atoms with E-state index in [-0.39, 0.29) is 23.9 Å². The Balaban J connectivity index is 1.38. The largest absolute Gasteiger partial charge is 0.494 e. The fraction of sp³-hybridized carbons (Fsp3) is 0.276. The molecule has 2 aromatic carbocycles. The summed E-state index contributed by atoms with van der Waals surface area (Å²) in [6.45, 7) is 0.473. The quantitative estimate of drug-likeness (QED) is 0.317. The number of hydrogen-bond donors (Lipinski definition) is 1. The molecule has 182 valence electrons. The molecule has 0 fully saturated rings. The van der Waals surface area contributed by atoms with Crippen molar-refractivity contribution in [2.75, 3.05) is 13.7 Å². The fourth-order valence-electron chi connectivity index (χ4n) is 3.69. The third-order valence-electron chi connectivity index (χ3n) is 5.73. The molecule has 0 radical (unpaired) electrons. The number of carboxylic acid groups (broad SMARTS) is 1. The number of Topliss-reactive ketones (excluding diaryl/α,β-unsaturated/α-hetero) is 2. The van der Waals surface area contributed by atoms with Gasteiger partial charge in [0.1, 0.15) is 5.76 Å². The second-order valence-corrected chi connectivity index (χ2v) is 8.26. The Kier molecular flexibility index (Phi) is 9.75. The smallest absolute Gasteiger partial charge is 0.333 e. The highest BCUT2D eigenvalue weighted by atomic mass is 16.5. The molecule has 2 unspecified atom stereocenters. The van der Waals surface area contributed by atoms with E-state index in [0.717, 1.165) is 12.0 Å². The van der Waals surface area contributed by atoms with Gasteiger partial charge in [-0.15, -0.1) is 0 Å². The first kappa shape index (κ1) is 25.8. The summed E-state index contributed by atoms with van der Waals surface area (Å²) >= 11 is 0. The Bertz CT molecular complexity index is 1100. The zero-order valence-corrected chi connectivity index (χ0v) is 19.8. The van der Waals surface area contributed by atoms with Crippen LogP contribution >= 0.6 is 0 Å². The monoisotopic (exact) mass is 474 g/mol. The van der Waals surface area contributed by atoms with Crippen LogP contribution in [0.4, 0.5) is 0 Å². The van der Waals surface area contributed by atoms with Gasteiger partial charge in [0.15, 0.2) is 17.7 Å². The van der Waals surface area contributed by atoms with Crippen molar-refractivity contribution in [2.45, 2.75) is 31.8 Å². The number of aliphatic carboxylic acids is 1. The highest BCUT2D eigenvalue weighted by Gasteiger charge is 2.17. The summed E-state index contributed by atoms with van der Waals surface area (Å²) < 4.78 is 10.8. The predicted molar refractivity (Wildman–Crippen MR) is 133 cm³/mol. The molecule has 6 heteroatoms. The molecule has 0 aromatic heterocycles. The Hall–Kier alpha value is -3.77. The second kappa shape index (κ2) is 13.2.